The van der Waals surface area contributed by atoms with E-state index in [1.54, 1.807) is 28.9 Å². The Hall–Kier alpha value is -2.60. The maximum absolute atomic E-state index is 12.4. The Labute approximate surface area is 186 Å². The van der Waals surface area contributed by atoms with E-state index in [1.165, 1.54) is 0 Å². The molecule has 7 heteroatoms. The molecule has 0 radical (unpaired) electrons. The number of benzene rings is 3. The predicted molar refractivity (Wildman–Crippen MR) is 121 cm³/mol. The molecule has 3 aromatic carbocycles. The molecule has 0 aliphatic heterocycles. The van der Waals surface area contributed by atoms with Gasteiger partial charge in [-0.25, -0.2) is 4.68 Å². The minimum atomic E-state index is -0.173. The van der Waals surface area contributed by atoms with Crippen LogP contribution in [-0.2, 0) is 0 Å². The second-order valence-electron chi connectivity index (χ2n) is 6.28. The second kappa shape index (κ2) is 8.41. The highest BCUT2D eigenvalue weighted by Crippen LogP contribution is 2.29. The van der Waals surface area contributed by atoms with Gasteiger partial charge in [0.05, 0.1) is 16.4 Å². The van der Waals surface area contributed by atoms with Gasteiger partial charge < -0.3 is 5.32 Å². The van der Waals surface area contributed by atoms with Crippen LogP contribution in [0.4, 0.5) is 5.69 Å². The van der Waals surface area contributed by atoms with Gasteiger partial charge in [-0.15, -0.1) is 0 Å². The zero-order chi connectivity index (χ0) is 20.4. The molecule has 1 heterocycles. The Bertz CT molecular complexity index is 1170. The number of rotatable bonds is 4. The number of hydrogen-bond acceptors (Lipinski definition) is 2. The molecule has 4 nitrogen and oxygen atoms in total. The van der Waals surface area contributed by atoms with Crippen LogP contribution in [-0.4, -0.2) is 15.7 Å². The molecular formula is C22H14BrCl2N3O. The Kier molecular flexibility index (Phi) is 5.72. The molecule has 0 bridgehead atoms. The summed E-state index contributed by atoms with van der Waals surface area (Å²) < 4.78 is 2.69. The van der Waals surface area contributed by atoms with E-state index in [1.807, 2.05) is 54.7 Å². The molecule has 0 aliphatic rings. The fraction of sp³-hybridized carbons (Fsp3) is 0. The normalized spacial score (nSPS) is 10.7. The smallest absolute Gasteiger partial charge is 0.255 e. The summed E-state index contributed by atoms with van der Waals surface area (Å²) in [4.78, 5) is 12.4. The van der Waals surface area contributed by atoms with Crippen molar-refractivity contribution in [2.75, 3.05) is 5.32 Å². The number of nitrogens with one attached hydrogen (secondary N) is 1. The van der Waals surface area contributed by atoms with Gasteiger partial charge in [0, 0.05) is 32.5 Å². The van der Waals surface area contributed by atoms with E-state index in [0.717, 1.165) is 27.1 Å². The van der Waals surface area contributed by atoms with Crippen molar-refractivity contribution < 1.29 is 4.79 Å². The van der Waals surface area contributed by atoms with Crippen molar-refractivity contribution in [1.29, 1.82) is 0 Å². The van der Waals surface area contributed by atoms with Gasteiger partial charge in [-0.05, 0) is 72.8 Å². The van der Waals surface area contributed by atoms with Crippen molar-refractivity contribution in [2.24, 2.45) is 0 Å². The summed E-state index contributed by atoms with van der Waals surface area (Å²) in [5, 5.41) is 8.57. The third-order valence-corrected chi connectivity index (χ3v) is 5.37. The fourth-order valence-corrected chi connectivity index (χ4v) is 3.58. The molecule has 1 amide bonds. The van der Waals surface area contributed by atoms with Crippen molar-refractivity contribution in [3.8, 4) is 16.9 Å². The molecule has 0 fully saturated rings. The number of anilines is 1. The first-order valence-electron chi connectivity index (χ1n) is 8.68. The van der Waals surface area contributed by atoms with E-state index in [4.69, 9.17) is 23.2 Å². The first-order chi connectivity index (χ1) is 14.0. The van der Waals surface area contributed by atoms with Crippen molar-refractivity contribution in [3.63, 3.8) is 0 Å². The zero-order valence-electron chi connectivity index (χ0n) is 14.9. The van der Waals surface area contributed by atoms with Crippen LogP contribution in [0.3, 0.4) is 0 Å². The van der Waals surface area contributed by atoms with Crippen LogP contribution in [0.2, 0.25) is 10.0 Å². The summed E-state index contributed by atoms with van der Waals surface area (Å²) in [7, 11) is 0. The Morgan fingerprint density at radius 1 is 0.931 bits per heavy atom. The summed E-state index contributed by atoms with van der Waals surface area (Å²) in [6.45, 7) is 0. The maximum Gasteiger partial charge on any atom is 0.255 e. The third kappa shape index (κ3) is 4.53. The van der Waals surface area contributed by atoms with E-state index in [2.05, 4.69) is 26.3 Å². The number of carbonyl (C=O) groups is 1. The maximum atomic E-state index is 12.4. The van der Waals surface area contributed by atoms with E-state index in [9.17, 15) is 4.79 Å². The molecule has 0 saturated carbocycles. The van der Waals surface area contributed by atoms with E-state index >= 15 is 0 Å². The Morgan fingerprint density at radius 3 is 2.34 bits per heavy atom. The molecular weight excluding hydrogens is 473 g/mol. The fourth-order valence-electron chi connectivity index (χ4n) is 2.81. The number of amides is 1. The summed E-state index contributed by atoms with van der Waals surface area (Å²) >= 11 is 15.6. The average Bonchev–Trinajstić information content (AvgIpc) is 3.20. The Balaban J connectivity index is 1.51. The lowest BCUT2D eigenvalue weighted by Crippen LogP contribution is -2.11. The van der Waals surface area contributed by atoms with Gasteiger partial charge in [-0.1, -0.05) is 39.1 Å². The molecule has 0 unspecified atom stereocenters. The number of carbonyl (C=O) groups excluding carboxylic acids is 1. The molecule has 1 aromatic heterocycles. The monoisotopic (exact) mass is 485 g/mol. The predicted octanol–water partition coefficient (Wildman–Crippen LogP) is 6.86. The lowest BCUT2D eigenvalue weighted by Gasteiger charge is -2.07. The van der Waals surface area contributed by atoms with E-state index in [-0.39, 0.29) is 5.91 Å². The van der Waals surface area contributed by atoms with Crippen LogP contribution in [0.25, 0.3) is 16.9 Å². The van der Waals surface area contributed by atoms with E-state index in [0.29, 0.717) is 15.6 Å². The third-order valence-electron chi connectivity index (χ3n) is 4.29. The summed E-state index contributed by atoms with van der Waals surface area (Å²) in [5.74, 6) is -0.173. The minimum absolute atomic E-state index is 0.173. The summed E-state index contributed by atoms with van der Waals surface area (Å²) in [6.07, 6.45) is 1.84. The SMILES string of the molecule is O=C(Nc1ccc(Br)cc1)c1ccc(-n2ccc(-c3ccc(Cl)cc3Cl)n2)cc1. The van der Waals surface area contributed by atoms with E-state index < -0.39 is 0 Å². The zero-order valence-corrected chi connectivity index (χ0v) is 18.0. The molecule has 0 atom stereocenters. The quantitative estimate of drug-likeness (QED) is 0.342. The largest absolute Gasteiger partial charge is 0.322 e. The lowest BCUT2D eigenvalue weighted by atomic mass is 10.1. The highest BCUT2D eigenvalue weighted by Gasteiger charge is 2.10. The van der Waals surface area contributed by atoms with Gasteiger partial charge in [0.15, 0.2) is 0 Å². The van der Waals surface area contributed by atoms with Crippen molar-refractivity contribution in [2.45, 2.75) is 0 Å². The molecule has 0 aliphatic carbocycles. The van der Waals surface area contributed by atoms with Crippen LogP contribution in [0.1, 0.15) is 10.4 Å². The van der Waals surface area contributed by atoms with Crippen molar-refractivity contribution in [1.82, 2.24) is 9.78 Å². The molecule has 0 saturated heterocycles. The molecule has 1 N–H and O–H groups in total. The molecule has 4 rings (SSSR count). The summed E-state index contributed by atoms with van der Waals surface area (Å²) in [5.41, 5.74) is 3.68. The van der Waals surface area contributed by atoms with Gasteiger partial charge in [0.1, 0.15) is 0 Å². The van der Waals surface area contributed by atoms with Crippen LogP contribution >= 0.6 is 39.1 Å². The highest BCUT2D eigenvalue weighted by molar-refractivity contribution is 9.10. The lowest BCUT2D eigenvalue weighted by molar-refractivity contribution is 0.102. The van der Waals surface area contributed by atoms with Gasteiger partial charge in [-0.2, -0.15) is 5.10 Å². The van der Waals surface area contributed by atoms with Crippen molar-refractivity contribution >= 4 is 50.7 Å². The van der Waals surface area contributed by atoms with Gasteiger partial charge in [0.2, 0.25) is 0 Å². The molecule has 144 valence electrons. The topological polar surface area (TPSA) is 46.9 Å². The van der Waals surface area contributed by atoms with Gasteiger partial charge in [-0.3, -0.25) is 4.79 Å². The van der Waals surface area contributed by atoms with Crippen LogP contribution in [0, 0.1) is 0 Å². The van der Waals surface area contributed by atoms with Gasteiger partial charge >= 0.3 is 0 Å². The Morgan fingerprint density at radius 2 is 1.66 bits per heavy atom. The first-order valence-corrected chi connectivity index (χ1v) is 10.2. The second-order valence-corrected chi connectivity index (χ2v) is 8.04. The molecule has 0 spiro atoms. The molecule has 4 aromatic rings. The standard InChI is InChI=1S/C22H14BrCl2N3O/c23-15-3-6-17(7-4-15)26-22(29)14-1-8-18(9-2-14)28-12-11-21(27-28)19-10-5-16(24)13-20(19)25/h1-13H,(H,26,29). The average molecular weight is 487 g/mol. The number of hydrogen-bond donors (Lipinski definition) is 1. The molecule has 29 heavy (non-hydrogen) atoms. The van der Waals surface area contributed by atoms with Crippen LogP contribution < -0.4 is 5.32 Å². The highest BCUT2D eigenvalue weighted by atomic mass is 79.9. The summed E-state index contributed by atoms with van der Waals surface area (Å²) in [6, 6.07) is 21.8. The first kappa shape index (κ1) is 19.7. The number of nitrogens with zero attached hydrogens (tertiary/aromatic N) is 2. The van der Waals surface area contributed by atoms with Crippen LogP contribution in [0.5, 0.6) is 0 Å². The van der Waals surface area contributed by atoms with Crippen LogP contribution in [0.15, 0.2) is 83.5 Å². The van der Waals surface area contributed by atoms with Crippen molar-refractivity contribution in [3.05, 3.63) is 99.1 Å². The van der Waals surface area contributed by atoms with Gasteiger partial charge in [0.25, 0.3) is 5.91 Å². The minimum Gasteiger partial charge on any atom is -0.322 e. The number of aromatic nitrogens is 2. The number of halogens is 3.